The molecule has 0 saturated heterocycles. The molecule has 1 rings (SSSR count). The topological polar surface area (TPSA) is 20.2 Å². The van der Waals surface area contributed by atoms with Gasteiger partial charge in [-0.1, -0.05) is 44.5 Å². The summed E-state index contributed by atoms with van der Waals surface area (Å²) < 4.78 is 0. The van der Waals surface area contributed by atoms with Crippen LogP contribution < -0.4 is 0 Å². The molecular formula is C15H24O. The average molecular weight is 220 g/mol. The van der Waals surface area contributed by atoms with Crippen molar-refractivity contribution in [2.75, 3.05) is 0 Å². The Labute approximate surface area is 99.5 Å². The second-order valence-electron chi connectivity index (χ2n) is 6.05. The van der Waals surface area contributed by atoms with Crippen molar-refractivity contribution in [3.8, 4) is 0 Å². The fourth-order valence-corrected chi connectivity index (χ4v) is 2.05. The first-order valence-corrected chi connectivity index (χ1v) is 6.02. The maximum atomic E-state index is 10.1. The Morgan fingerprint density at radius 1 is 1.19 bits per heavy atom. The van der Waals surface area contributed by atoms with Gasteiger partial charge in [-0.05, 0) is 43.2 Å². The summed E-state index contributed by atoms with van der Waals surface area (Å²) in [5, 5.41) is 10.1. The van der Waals surface area contributed by atoms with Gasteiger partial charge in [0.1, 0.15) is 0 Å². The summed E-state index contributed by atoms with van der Waals surface area (Å²) >= 11 is 0. The summed E-state index contributed by atoms with van der Waals surface area (Å²) in [6.07, 6.45) is 1.38. The van der Waals surface area contributed by atoms with Crippen molar-refractivity contribution in [3.05, 3.63) is 34.9 Å². The number of aliphatic hydroxyl groups excluding tert-OH is 1. The molecule has 0 amide bonds. The molecule has 1 unspecified atom stereocenters. The highest BCUT2D eigenvalue weighted by atomic mass is 16.3. The predicted octanol–water partition coefficient (Wildman–Crippen LogP) is 3.64. The minimum atomic E-state index is -0.236. The van der Waals surface area contributed by atoms with E-state index >= 15 is 0 Å². The minimum Gasteiger partial charge on any atom is -0.393 e. The van der Waals surface area contributed by atoms with Crippen LogP contribution in [0.1, 0.15) is 43.9 Å². The lowest BCUT2D eigenvalue weighted by Gasteiger charge is -2.23. The van der Waals surface area contributed by atoms with Gasteiger partial charge < -0.3 is 5.11 Å². The third-order valence-electron chi connectivity index (χ3n) is 2.81. The molecule has 16 heavy (non-hydrogen) atoms. The highest BCUT2D eigenvalue weighted by Crippen LogP contribution is 2.23. The van der Waals surface area contributed by atoms with Crippen LogP contribution >= 0.6 is 0 Å². The first kappa shape index (κ1) is 13.2. The van der Waals surface area contributed by atoms with E-state index in [-0.39, 0.29) is 11.5 Å². The molecule has 0 bridgehead atoms. The number of hydrogen-bond acceptors (Lipinski definition) is 1. The summed E-state index contributed by atoms with van der Waals surface area (Å²) in [5.74, 6) is 0. The Kier molecular flexibility index (Phi) is 4.15. The number of rotatable bonds is 3. The SMILES string of the molecule is Cc1ccc(C)c(CC(O)CC(C)(C)C)c1. The van der Waals surface area contributed by atoms with Gasteiger partial charge in [0.2, 0.25) is 0 Å². The zero-order valence-electron chi connectivity index (χ0n) is 11.2. The zero-order valence-corrected chi connectivity index (χ0v) is 11.2. The molecule has 0 heterocycles. The Hall–Kier alpha value is -0.820. The van der Waals surface area contributed by atoms with Gasteiger partial charge in [-0.3, -0.25) is 0 Å². The van der Waals surface area contributed by atoms with Crippen LogP contribution in [0.5, 0.6) is 0 Å². The Morgan fingerprint density at radius 2 is 1.81 bits per heavy atom. The van der Waals surface area contributed by atoms with Crippen LogP contribution in [-0.2, 0) is 6.42 Å². The minimum absolute atomic E-state index is 0.192. The van der Waals surface area contributed by atoms with Crippen LogP contribution in [0.25, 0.3) is 0 Å². The summed E-state index contributed by atoms with van der Waals surface area (Å²) in [5.41, 5.74) is 4.01. The molecule has 0 aliphatic carbocycles. The van der Waals surface area contributed by atoms with Crippen molar-refractivity contribution in [1.29, 1.82) is 0 Å². The summed E-state index contributed by atoms with van der Waals surface area (Å²) in [6, 6.07) is 6.44. The normalized spacial score (nSPS) is 13.9. The Morgan fingerprint density at radius 3 is 2.38 bits per heavy atom. The highest BCUT2D eigenvalue weighted by Gasteiger charge is 2.17. The largest absolute Gasteiger partial charge is 0.393 e. The van der Waals surface area contributed by atoms with Gasteiger partial charge >= 0.3 is 0 Å². The molecule has 1 atom stereocenters. The number of benzene rings is 1. The standard InChI is InChI=1S/C15H24O/c1-11-6-7-12(2)13(8-11)9-14(16)10-15(3,4)5/h6-8,14,16H,9-10H2,1-5H3. The van der Waals surface area contributed by atoms with E-state index in [4.69, 9.17) is 0 Å². The van der Waals surface area contributed by atoms with Crippen molar-refractivity contribution in [2.45, 2.75) is 53.6 Å². The van der Waals surface area contributed by atoms with Gasteiger partial charge in [0.05, 0.1) is 6.10 Å². The van der Waals surface area contributed by atoms with E-state index in [2.05, 4.69) is 52.8 Å². The molecule has 0 aliphatic rings. The van der Waals surface area contributed by atoms with Gasteiger partial charge in [-0.25, -0.2) is 0 Å². The molecule has 1 aromatic carbocycles. The molecule has 0 spiro atoms. The summed E-state index contributed by atoms with van der Waals surface area (Å²) in [6.45, 7) is 10.7. The molecule has 1 N–H and O–H groups in total. The number of hydrogen-bond donors (Lipinski definition) is 1. The fourth-order valence-electron chi connectivity index (χ4n) is 2.05. The second-order valence-corrected chi connectivity index (χ2v) is 6.05. The van der Waals surface area contributed by atoms with Crippen LogP contribution in [0.2, 0.25) is 0 Å². The molecule has 1 aromatic rings. The monoisotopic (exact) mass is 220 g/mol. The quantitative estimate of drug-likeness (QED) is 0.824. The molecule has 0 saturated carbocycles. The lowest BCUT2D eigenvalue weighted by molar-refractivity contribution is 0.121. The lowest BCUT2D eigenvalue weighted by atomic mass is 9.86. The van der Waals surface area contributed by atoms with Crippen LogP contribution in [0.4, 0.5) is 0 Å². The van der Waals surface area contributed by atoms with Crippen LogP contribution in [0.3, 0.4) is 0 Å². The van der Waals surface area contributed by atoms with Crippen molar-refractivity contribution >= 4 is 0 Å². The van der Waals surface area contributed by atoms with Crippen molar-refractivity contribution < 1.29 is 5.11 Å². The zero-order chi connectivity index (χ0) is 12.3. The third-order valence-corrected chi connectivity index (χ3v) is 2.81. The van der Waals surface area contributed by atoms with Gasteiger partial charge in [0.25, 0.3) is 0 Å². The van der Waals surface area contributed by atoms with E-state index in [9.17, 15) is 5.11 Å². The summed E-state index contributed by atoms with van der Waals surface area (Å²) in [4.78, 5) is 0. The van der Waals surface area contributed by atoms with Gasteiger partial charge in [0, 0.05) is 0 Å². The van der Waals surface area contributed by atoms with E-state index in [1.165, 1.54) is 16.7 Å². The molecule has 90 valence electrons. The first-order chi connectivity index (χ1) is 7.28. The van der Waals surface area contributed by atoms with Crippen molar-refractivity contribution in [3.63, 3.8) is 0 Å². The van der Waals surface area contributed by atoms with E-state index < -0.39 is 0 Å². The molecule has 1 nitrogen and oxygen atoms in total. The third kappa shape index (κ3) is 4.36. The van der Waals surface area contributed by atoms with Crippen molar-refractivity contribution in [1.82, 2.24) is 0 Å². The van der Waals surface area contributed by atoms with Gasteiger partial charge in [-0.2, -0.15) is 0 Å². The molecule has 0 radical (unpaired) electrons. The molecule has 0 fully saturated rings. The average Bonchev–Trinajstić information content (AvgIpc) is 2.08. The van der Waals surface area contributed by atoms with Crippen LogP contribution in [0, 0.1) is 19.3 Å². The number of aryl methyl sites for hydroxylation is 2. The van der Waals surface area contributed by atoms with Crippen LogP contribution in [-0.4, -0.2) is 11.2 Å². The van der Waals surface area contributed by atoms with Gasteiger partial charge in [0.15, 0.2) is 0 Å². The molecular weight excluding hydrogens is 196 g/mol. The smallest absolute Gasteiger partial charge is 0.0585 e. The molecule has 0 aliphatic heterocycles. The summed E-state index contributed by atoms with van der Waals surface area (Å²) in [7, 11) is 0. The predicted molar refractivity (Wildman–Crippen MR) is 69.7 cm³/mol. The molecule has 0 aromatic heterocycles. The van der Waals surface area contributed by atoms with Gasteiger partial charge in [-0.15, -0.1) is 0 Å². The van der Waals surface area contributed by atoms with E-state index in [0.29, 0.717) is 0 Å². The lowest BCUT2D eigenvalue weighted by Crippen LogP contribution is -2.20. The fraction of sp³-hybridized carbons (Fsp3) is 0.600. The van der Waals surface area contributed by atoms with E-state index in [0.717, 1.165) is 12.8 Å². The van der Waals surface area contributed by atoms with Crippen LogP contribution in [0.15, 0.2) is 18.2 Å². The first-order valence-electron chi connectivity index (χ1n) is 6.02. The van der Waals surface area contributed by atoms with E-state index in [1.54, 1.807) is 0 Å². The Balaban J connectivity index is 2.69. The molecule has 1 heteroatoms. The van der Waals surface area contributed by atoms with E-state index in [1.807, 2.05) is 0 Å². The number of aliphatic hydroxyl groups is 1. The maximum absolute atomic E-state index is 10.1. The maximum Gasteiger partial charge on any atom is 0.0585 e. The second kappa shape index (κ2) is 5.01. The Bertz CT molecular complexity index is 347. The highest BCUT2D eigenvalue weighted by molar-refractivity contribution is 5.30. The van der Waals surface area contributed by atoms with Crippen molar-refractivity contribution in [2.24, 2.45) is 5.41 Å².